The van der Waals surface area contributed by atoms with Crippen LogP contribution < -0.4 is 16.1 Å². The number of hydrogen-bond acceptors (Lipinski definition) is 12. The minimum atomic E-state index is -0.640. The van der Waals surface area contributed by atoms with E-state index in [1.165, 1.54) is 25.3 Å². The number of hydrogen-bond donors (Lipinski definition) is 3. The molecule has 28 heavy (non-hydrogen) atoms. The molecule has 0 spiro atoms. The Morgan fingerprint density at radius 2 is 2.00 bits per heavy atom. The highest BCUT2D eigenvalue weighted by molar-refractivity contribution is 5.76. The molecule has 0 saturated heterocycles. The van der Waals surface area contributed by atoms with Crippen LogP contribution in [0.15, 0.2) is 21.7 Å². The molecule has 150 valence electrons. The van der Waals surface area contributed by atoms with Gasteiger partial charge in [-0.1, -0.05) is 0 Å². The molecule has 0 unspecified atom stereocenters. The zero-order chi connectivity index (χ0) is 20.4. The number of nitro groups is 1. The number of carbonyl (C=O) groups excluding carboxylic acids is 1. The van der Waals surface area contributed by atoms with Crippen molar-refractivity contribution >= 4 is 35.9 Å². The number of hydrazone groups is 1. The molecule has 2 heterocycles. The number of furan rings is 1. The van der Waals surface area contributed by atoms with Crippen molar-refractivity contribution in [2.45, 2.75) is 20.3 Å². The molecule has 3 N–H and O–H groups in total. The van der Waals surface area contributed by atoms with E-state index >= 15 is 0 Å². The fraction of sp³-hybridized carbons (Fsp3) is 0.400. The summed E-state index contributed by atoms with van der Waals surface area (Å²) in [6.07, 6.45) is 1.84. The number of aromatic nitrogens is 3. The van der Waals surface area contributed by atoms with Gasteiger partial charge in [-0.15, -0.1) is 0 Å². The lowest BCUT2D eigenvalue weighted by atomic mass is 10.4. The Hall–Kier alpha value is -3.77. The van der Waals surface area contributed by atoms with Crippen molar-refractivity contribution in [2.24, 2.45) is 5.10 Å². The van der Waals surface area contributed by atoms with E-state index in [0.29, 0.717) is 31.4 Å². The number of nitrogens with one attached hydrogen (secondary N) is 3. The molecule has 0 bridgehead atoms. The summed E-state index contributed by atoms with van der Waals surface area (Å²) in [5, 5.41) is 20.5. The van der Waals surface area contributed by atoms with Crippen molar-refractivity contribution in [2.75, 3.05) is 35.8 Å². The molecular weight excluding hydrogens is 372 g/mol. The molecule has 0 aromatic carbocycles. The number of anilines is 3. The van der Waals surface area contributed by atoms with Crippen LogP contribution in [-0.2, 0) is 9.53 Å². The van der Waals surface area contributed by atoms with Crippen LogP contribution in [0.2, 0.25) is 0 Å². The molecular formula is C15H20N8O5. The Morgan fingerprint density at radius 3 is 2.64 bits per heavy atom. The predicted octanol–water partition coefficient (Wildman–Crippen LogP) is 1.62. The molecule has 2 aromatic rings. The van der Waals surface area contributed by atoms with E-state index in [0.717, 1.165) is 0 Å². The number of rotatable bonds is 11. The summed E-state index contributed by atoms with van der Waals surface area (Å²) in [5.41, 5.74) is 2.62. The average Bonchev–Trinajstić information content (AvgIpc) is 3.11. The van der Waals surface area contributed by atoms with Gasteiger partial charge in [0.15, 0.2) is 5.76 Å². The van der Waals surface area contributed by atoms with Crippen LogP contribution in [-0.4, -0.2) is 51.8 Å². The van der Waals surface area contributed by atoms with E-state index < -0.39 is 4.92 Å². The lowest BCUT2D eigenvalue weighted by Crippen LogP contribution is -2.13. The molecule has 13 heteroatoms. The molecule has 0 aliphatic heterocycles. The number of nitrogens with zero attached hydrogens (tertiary/aromatic N) is 5. The van der Waals surface area contributed by atoms with Gasteiger partial charge in [-0.3, -0.25) is 14.9 Å². The van der Waals surface area contributed by atoms with Crippen molar-refractivity contribution < 1.29 is 18.9 Å². The Balaban J connectivity index is 1.97. The van der Waals surface area contributed by atoms with E-state index in [1.807, 2.05) is 6.92 Å². The van der Waals surface area contributed by atoms with Gasteiger partial charge in [-0.25, -0.2) is 5.43 Å². The summed E-state index contributed by atoms with van der Waals surface area (Å²) in [7, 11) is 0. The lowest BCUT2D eigenvalue weighted by Gasteiger charge is -2.09. The first-order valence-corrected chi connectivity index (χ1v) is 8.38. The van der Waals surface area contributed by atoms with E-state index in [-0.39, 0.29) is 30.2 Å². The smallest absolute Gasteiger partial charge is 0.433 e. The molecule has 0 aliphatic carbocycles. The molecule has 2 rings (SSSR count). The minimum absolute atomic E-state index is 0.158. The second kappa shape index (κ2) is 10.4. The lowest BCUT2D eigenvalue weighted by molar-refractivity contribution is -0.402. The van der Waals surface area contributed by atoms with Crippen LogP contribution in [0.25, 0.3) is 0 Å². The summed E-state index contributed by atoms with van der Waals surface area (Å²) in [6.45, 7) is 4.63. The minimum Gasteiger partial charge on any atom is -0.466 e. The van der Waals surface area contributed by atoms with Crippen LogP contribution in [0.3, 0.4) is 0 Å². The fourth-order valence-electron chi connectivity index (χ4n) is 1.89. The topological polar surface area (TPSA) is 170 Å². The molecule has 13 nitrogen and oxygen atoms in total. The quantitative estimate of drug-likeness (QED) is 0.167. The van der Waals surface area contributed by atoms with Gasteiger partial charge < -0.3 is 19.8 Å². The third kappa shape index (κ3) is 6.86. The molecule has 0 fully saturated rings. The number of ether oxygens (including phenoxy) is 1. The zero-order valence-electron chi connectivity index (χ0n) is 15.3. The summed E-state index contributed by atoms with van der Waals surface area (Å²) in [4.78, 5) is 33.2. The maximum Gasteiger partial charge on any atom is 0.433 e. The zero-order valence-corrected chi connectivity index (χ0v) is 15.3. The van der Waals surface area contributed by atoms with Gasteiger partial charge >= 0.3 is 11.9 Å². The SMILES string of the molecule is CCNc1nc(NCCCOC(C)=O)nc(N/N=C/c2ccc([N+](=O)[O-])o2)n1. The first-order chi connectivity index (χ1) is 13.5. The summed E-state index contributed by atoms with van der Waals surface area (Å²) in [6, 6.07) is 2.64. The van der Waals surface area contributed by atoms with E-state index in [9.17, 15) is 14.9 Å². The van der Waals surface area contributed by atoms with E-state index in [4.69, 9.17) is 9.15 Å². The largest absolute Gasteiger partial charge is 0.466 e. The second-order valence-electron chi connectivity index (χ2n) is 5.26. The van der Waals surface area contributed by atoms with Crippen LogP contribution >= 0.6 is 0 Å². The molecule has 2 aromatic heterocycles. The van der Waals surface area contributed by atoms with E-state index in [1.54, 1.807) is 0 Å². The normalized spacial score (nSPS) is 10.6. The van der Waals surface area contributed by atoms with Crippen LogP contribution in [0, 0.1) is 10.1 Å². The van der Waals surface area contributed by atoms with Gasteiger partial charge in [0, 0.05) is 20.0 Å². The number of esters is 1. The Bertz CT molecular complexity index is 838. The average molecular weight is 392 g/mol. The fourth-order valence-corrected chi connectivity index (χ4v) is 1.89. The molecule has 0 aliphatic rings. The molecule has 0 saturated carbocycles. The summed E-state index contributed by atoms with van der Waals surface area (Å²) < 4.78 is 9.81. The molecule has 0 radical (unpaired) electrons. The van der Waals surface area contributed by atoms with E-state index in [2.05, 4.69) is 36.1 Å². The van der Waals surface area contributed by atoms with Crippen LogP contribution in [0.4, 0.5) is 23.7 Å². The third-order valence-electron chi connectivity index (χ3n) is 3.03. The summed E-state index contributed by atoms with van der Waals surface area (Å²) in [5.74, 6) is 0.290. The first-order valence-electron chi connectivity index (χ1n) is 8.38. The standard InChI is InChI=1S/C15H20N8O5/c1-3-16-13-19-14(17-7-4-8-27-10(2)24)21-15(20-13)22-18-9-11-5-6-12(28-11)23(25)26/h5-6,9H,3-4,7-8H2,1-2H3,(H3,16,17,19,20,21,22)/b18-9+. The van der Waals surface area contributed by atoms with Crippen molar-refractivity contribution in [3.05, 3.63) is 28.0 Å². The van der Waals surface area contributed by atoms with Gasteiger partial charge in [-0.05, 0) is 19.4 Å². The van der Waals surface area contributed by atoms with Crippen LogP contribution in [0.5, 0.6) is 0 Å². The highest BCUT2D eigenvalue weighted by atomic mass is 16.6. The maximum absolute atomic E-state index is 10.7. The van der Waals surface area contributed by atoms with Gasteiger partial charge in [0.05, 0.1) is 18.9 Å². The second-order valence-corrected chi connectivity index (χ2v) is 5.26. The van der Waals surface area contributed by atoms with Crippen molar-refractivity contribution in [1.29, 1.82) is 0 Å². The highest BCUT2D eigenvalue weighted by Crippen LogP contribution is 2.14. The van der Waals surface area contributed by atoms with Crippen LogP contribution in [0.1, 0.15) is 26.0 Å². The Morgan fingerprint density at radius 1 is 1.29 bits per heavy atom. The Kier molecular flexibility index (Phi) is 7.63. The molecule has 0 amide bonds. The van der Waals surface area contributed by atoms with Crippen molar-refractivity contribution in [3.63, 3.8) is 0 Å². The highest BCUT2D eigenvalue weighted by Gasteiger charge is 2.10. The summed E-state index contributed by atoms with van der Waals surface area (Å²) >= 11 is 0. The van der Waals surface area contributed by atoms with Crippen molar-refractivity contribution in [3.8, 4) is 0 Å². The first kappa shape index (κ1) is 20.5. The predicted molar refractivity (Wildman–Crippen MR) is 100 cm³/mol. The third-order valence-corrected chi connectivity index (χ3v) is 3.03. The van der Waals surface area contributed by atoms with Gasteiger partial charge in [0.1, 0.15) is 4.92 Å². The Labute approximate surface area is 159 Å². The number of carbonyl (C=O) groups is 1. The maximum atomic E-state index is 10.7. The van der Waals surface area contributed by atoms with Gasteiger partial charge in [-0.2, -0.15) is 20.1 Å². The van der Waals surface area contributed by atoms with Gasteiger partial charge in [0.2, 0.25) is 17.8 Å². The van der Waals surface area contributed by atoms with Gasteiger partial charge in [0.25, 0.3) is 0 Å². The molecule has 0 atom stereocenters. The monoisotopic (exact) mass is 392 g/mol. The van der Waals surface area contributed by atoms with Crippen molar-refractivity contribution in [1.82, 2.24) is 15.0 Å².